The van der Waals surface area contributed by atoms with Gasteiger partial charge in [-0.25, -0.2) is 0 Å². The standard InChI is InChI=1S/C17H13N3/c1-2-9-17(20-13-14-7-3-5-11-18-14)15(8-1)16-10-4-6-12-19-16/h1-13H/b20-13+. The van der Waals surface area contributed by atoms with Gasteiger partial charge in [0.2, 0.25) is 0 Å². The van der Waals surface area contributed by atoms with Crippen LogP contribution in [-0.4, -0.2) is 16.2 Å². The van der Waals surface area contributed by atoms with Crippen molar-refractivity contribution >= 4 is 11.9 Å². The molecule has 3 nitrogen and oxygen atoms in total. The fourth-order valence-corrected chi connectivity index (χ4v) is 1.91. The Labute approximate surface area is 117 Å². The van der Waals surface area contributed by atoms with Crippen LogP contribution in [0.2, 0.25) is 0 Å². The third kappa shape index (κ3) is 2.78. The molecular formula is C17H13N3. The Hall–Kier alpha value is -2.81. The molecule has 3 aromatic rings. The second-order valence-electron chi connectivity index (χ2n) is 4.24. The Morgan fingerprint density at radius 2 is 1.50 bits per heavy atom. The molecule has 96 valence electrons. The molecular weight excluding hydrogens is 246 g/mol. The van der Waals surface area contributed by atoms with Crippen molar-refractivity contribution in [2.45, 2.75) is 0 Å². The maximum absolute atomic E-state index is 4.53. The van der Waals surface area contributed by atoms with Crippen molar-refractivity contribution in [1.82, 2.24) is 9.97 Å². The van der Waals surface area contributed by atoms with E-state index in [4.69, 9.17) is 0 Å². The molecule has 0 aliphatic rings. The lowest BCUT2D eigenvalue weighted by atomic mass is 10.1. The summed E-state index contributed by atoms with van der Waals surface area (Å²) in [5.41, 5.74) is 3.65. The number of para-hydroxylation sites is 1. The van der Waals surface area contributed by atoms with Crippen LogP contribution in [0.25, 0.3) is 11.3 Å². The molecule has 0 atom stereocenters. The number of nitrogens with zero attached hydrogens (tertiary/aromatic N) is 3. The Kier molecular flexibility index (Phi) is 3.60. The topological polar surface area (TPSA) is 38.1 Å². The minimum Gasteiger partial charge on any atom is -0.256 e. The first kappa shape index (κ1) is 12.2. The van der Waals surface area contributed by atoms with E-state index in [-0.39, 0.29) is 0 Å². The van der Waals surface area contributed by atoms with Crippen LogP contribution in [0.1, 0.15) is 5.69 Å². The molecule has 0 amide bonds. The second-order valence-corrected chi connectivity index (χ2v) is 4.24. The van der Waals surface area contributed by atoms with Crippen LogP contribution in [0.3, 0.4) is 0 Å². The zero-order valence-corrected chi connectivity index (χ0v) is 10.8. The van der Waals surface area contributed by atoms with Crippen LogP contribution < -0.4 is 0 Å². The van der Waals surface area contributed by atoms with Gasteiger partial charge in [0, 0.05) is 18.0 Å². The van der Waals surface area contributed by atoms with Crippen LogP contribution in [0.5, 0.6) is 0 Å². The molecule has 0 spiro atoms. The summed E-state index contributed by atoms with van der Waals surface area (Å²) in [6.07, 6.45) is 5.31. The monoisotopic (exact) mass is 259 g/mol. The van der Waals surface area contributed by atoms with Gasteiger partial charge in [0.1, 0.15) is 0 Å². The van der Waals surface area contributed by atoms with Crippen molar-refractivity contribution < 1.29 is 0 Å². The molecule has 0 fully saturated rings. The fourth-order valence-electron chi connectivity index (χ4n) is 1.91. The van der Waals surface area contributed by atoms with E-state index in [9.17, 15) is 0 Å². The lowest BCUT2D eigenvalue weighted by Crippen LogP contribution is -1.86. The molecule has 0 aliphatic carbocycles. The predicted molar refractivity (Wildman–Crippen MR) is 81.2 cm³/mol. The van der Waals surface area contributed by atoms with Crippen LogP contribution in [0, 0.1) is 0 Å². The smallest absolute Gasteiger partial charge is 0.0812 e. The zero-order chi connectivity index (χ0) is 13.6. The van der Waals surface area contributed by atoms with Gasteiger partial charge in [-0.05, 0) is 30.3 Å². The Balaban J connectivity index is 1.97. The maximum Gasteiger partial charge on any atom is 0.0812 e. The lowest BCUT2D eigenvalue weighted by molar-refractivity contribution is 1.30. The Bertz CT molecular complexity index is 707. The molecule has 3 rings (SSSR count). The molecule has 0 bridgehead atoms. The van der Waals surface area contributed by atoms with Crippen molar-refractivity contribution in [3.8, 4) is 11.3 Å². The first-order valence-electron chi connectivity index (χ1n) is 6.39. The number of benzene rings is 1. The summed E-state index contributed by atoms with van der Waals surface area (Å²) in [6, 6.07) is 19.6. The number of hydrogen-bond acceptors (Lipinski definition) is 3. The van der Waals surface area contributed by atoms with E-state index < -0.39 is 0 Å². The van der Waals surface area contributed by atoms with E-state index in [1.165, 1.54) is 0 Å². The van der Waals surface area contributed by atoms with Crippen LogP contribution in [0.15, 0.2) is 78.0 Å². The molecule has 2 heterocycles. The molecule has 0 unspecified atom stereocenters. The Morgan fingerprint density at radius 3 is 2.25 bits per heavy atom. The average Bonchev–Trinajstić information content (AvgIpc) is 2.55. The summed E-state index contributed by atoms with van der Waals surface area (Å²) >= 11 is 0. The highest BCUT2D eigenvalue weighted by atomic mass is 14.8. The minimum atomic E-state index is 0.836. The van der Waals surface area contributed by atoms with Crippen molar-refractivity contribution in [1.29, 1.82) is 0 Å². The van der Waals surface area contributed by atoms with Gasteiger partial charge in [-0.2, -0.15) is 0 Å². The molecule has 0 saturated heterocycles. The van der Waals surface area contributed by atoms with E-state index in [1.807, 2.05) is 60.7 Å². The summed E-state index contributed by atoms with van der Waals surface area (Å²) in [5, 5.41) is 0. The third-order valence-corrected chi connectivity index (χ3v) is 2.87. The lowest BCUT2D eigenvalue weighted by Gasteiger charge is -2.04. The Morgan fingerprint density at radius 1 is 0.750 bits per heavy atom. The number of rotatable bonds is 3. The third-order valence-electron chi connectivity index (χ3n) is 2.87. The zero-order valence-electron chi connectivity index (χ0n) is 10.8. The highest BCUT2D eigenvalue weighted by molar-refractivity contribution is 5.83. The molecule has 0 N–H and O–H groups in total. The van der Waals surface area contributed by atoms with Crippen molar-refractivity contribution in [2.24, 2.45) is 4.99 Å². The van der Waals surface area contributed by atoms with Gasteiger partial charge in [-0.3, -0.25) is 15.0 Å². The van der Waals surface area contributed by atoms with Crippen molar-refractivity contribution in [2.75, 3.05) is 0 Å². The van der Waals surface area contributed by atoms with E-state index in [1.54, 1.807) is 18.6 Å². The van der Waals surface area contributed by atoms with E-state index in [0.29, 0.717) is 0 Å². The van der Waals surface area contributed by atoms with E-state index in [2.05, 4.69) is 15.0 Å². The van der Waals surface area contributed by atoms with Crippen molar-refractivity contribution in [3.63, 3.8) is 0 Å². The SMILES string of the molecule is C(=N\c1ccccc1-c1ccccn1)/c1ccccn1. The first-order valence-corrected chi connectivity index (χ1v) is 6.39. The van der Waals surface area contributed by atoms with Crippen LogP contribution >= 0.6 is 0 Å². The summed E-state index contributed by atoms with van der Waals surface area (Å²) in [4.78, 5) is 13.1. The van der Waals surface area contributed by atoms with Gasteiger partial charge in [-0.15, -0.1) is 0 Å². The number of aliphatic imine (C=N–C) groups is 1. The predicted octanol–water partition coefficient (Wildman–Crippen LogP) is 3.89. The number of aromatic nitrogens is 2. The van der Waals surface area contributed by atoms with E-state index in [0.717, 1.165) is 22.6 Å². The van der Waals surface area contributed by atoms with E-state index >= 15 is 0 Å². The summed E-state index contributed by atoms with van der Waals surface area (Å²) in [7, 11) is 0. The molecule has 3 heteroatoms. The maximum atomic E-state index is 4.53. The molecule has 20 heavy (non-hydrogen) atoms. The van der Waals surface area contributed by atoms with Crippen LogP contribution in [0.4, 0.5) is 5.69 Å². The molecule has 0 radical (unpaired) electrons. The summed E-state index contributed by atoms with van der Waals surface area (Å²) in [5.74, 6) is 0. The highest BCUT2D eigenvalue weighted by Crippen LogP contribution is 2.28. The van der Waals surface area contributed by atoms with Gasteiger partial charge < -0.3 is 0 Å². The number of pyridine rings is 2. The molecule has 2 aromatic heterocycles. The molecule has 1 aromatic carbocycles. The quantitative estimate of drug-likeness (QED) is 0.669. The van der Waals surface area contributed by atoms with Gasteiger partial charge in [0.25, 0.3) is 0 Å². The van der Waals surface area contributed by atoms with Crippen molar-refractivity contribution in [3.05, 3.63) is 78.8 Å². The second kappa shape index (κ2) is 5.89. The molecule has 0 saturated carbocycles. The summed E-state index contributed by atoms with van der Waals surface area (Å²) < 4.78 is 0. The fraction of sp³-hybridized carbons (Fsp3) is 0. The van der Waals surface area contributed by atoms with Gasteiger partial charge in [0.15, 0.2) is 0 Å². The van der Waals surface area contributed by atoms with Gasteiger partial charge in [-0.1, -0.05) is 30.3 Å². The number of hydrogen-bond donors (Lipinski definition) is 0. The molecule has 0 aliphatic heterocycles. The normalized spacial score (nSPS) is 10.8. The summed E-state index contributed by atoms with van der Waals surface area (Å²) in [6.45, 7) is 0. The first-order chi connectivity index (χ1) is 9.93. The highest BCUT2D eigenvalue weighted by Gasteiger charge is 2.03. The minimum absolute atomic E-state index is 0.836. The van der Waals surface area contributed by atoms with Gasteiger partial charge >= 0.3 is 0 Å². The average molecular weight is 259 g/mol. The largest absolute Gasteiger partial charge is 0.256 e. The van der Waals surface area contributed by atoms with Gasteiger partial charge in [0.05, 0.1) is 23.3 Å². The van der Waals surface area contributed by atoms with Crippen LogP contribution in [-0.2, 0) is 0 Å².